The first-order valence-corrected chi connectivity index (χ1v) is 8.25. The van der Waals surface area contributed by atoms with E-state index >= 15 is 0 Å². The fraction of sp³-hybridized carbons (Fsp3) is 0.846. The smallest absolute Gasteiger partial charge is 0.305 e. The van der Waals surface area contributed by atoms with Crippen LogP contribution in [0.15, 0.2) is 0 Å². The molecule has 0 radical (unpaired) electrons. The molecule has 0 saturated carbocycles. The van der Waals surface area contributed by atoms with Crippen molar-refractivity contribution in [2.45, 2.75) is 31.4 Å². The minimum atomic E-state index is -0.835. The van der Waals surface area contributed by atoms with Gasteiger partial charge >= 0.3 is 5.97 Å². The van der Waals surface area contributed by atoms with Gasteiger partial charge in [0.2, 0.25) is 5.91 Å². The van der Waals surface area contributed by atoms with Gasteiger partial charge < -0.3 is 20.1 Å². The molecule has 1 atom stereocenters. The predicted octanol–water partition coefficient (Wildman–Crippen LogP) is 0.174. The standard InChI is InChI=1S/C13H22N2O4S/c16-12(17)3-7-19-10-1-5-15(6-2-10)13(18)11-9-20-8-4-14-11/h10-11,14H,1-9H2,(H,16,17). The summed E-state index contributed by atoms with van der Waals surface area (Å²) in [5, 5.41) is 11.8. The maximum Gasteiger partial charge on any atom is 0.305 e. The Morgan fingerprint density at radius 1 is 1.35 bits per heavy atom. The van der Waals surface area contributed by atoms with Gasteiger partial charge in [0.1, 0.15) is 0 Å². The summed E-state index contributed by atoms with van der Waals surface area (Å²) in [5.74, 6) is 1.29. The van der Waals surface area contributed by atoms with E-state index in [1.54, 1.807) is 0 Å². The quantitative estimate of drug-likeness (QED) is 0.754. The van der Waals surface area contributed by atoms with Gasteiger partial charge in [0, 0.05) is 31.1 Å². The first-order chi connectivity index (χ1) is 9.66. The Kier molecular flexibility index (Phi) is 6.12. The Morgan fingerprint density at radius 3 is 2.70 bits per heavy atom. The van der Waals surface area contributed by atoms with Crippen molar-refractivity contribution in [3.8, 4) is 0 Å². The van der Waals surface area contributed by atoms with Crippen LogP contribution in [0.25, 0.3) is 0 Å². The number of thioether (sulfide) groups is 1. The molecule has 0 aromatic carbocycles. The second kappa shape index (κ2) is 7.85. The normalized spacial score (nSPS) is 24.6. The number of likely N-dealkylation sites (tertiary alicyclic amines) is 1. The summed E-state index contributed by atoms with van der Waals surface area (Å²) in [7, 11) is 0. The summed E-state index contributed by atoms with van der Waals surface area (Å²) in [6.45, 7) is 2.57. The molecule has 2 rings (SSSR count). The van der Waals surface area contributed by atoms with E-state index in [4.69, 9.17) is 9.84 Å². The summed E-state index contributed by atoms with van der Waals surface area (Å²) in [6.07, 6.45) is 1.73. The van der Waals surface area contributed by atoms with E-state index < -0.39 is 5.97 Å². The SMILES string of the molecule is O=C(O)CCOC1CCN(C(=O)C2CSCCN2)CC1. The number of carboxylic acid groups (broad SMARTS) is 1. The molecule has 2 saturated heterocycles. The Hall–Kier alpha value is -0.790. The Bertz CT molecular complexity index is 339. The molecule has 0 aromatic heterocycles. The molecule has 7 heteroatoms. The fourth-order valence-electron chi connectivity index (χ4n) is 2.50. The topological polar surface area (TPSA) is 78.9 Å². The molecule has 2 aliphatic rings. The zero-order chi connectivity index (χ0) is 14.4. The highest BCUT2D eigenvalue weighted by atomic mass is 32.2. The largest absolute Gasteiger partial charge is 0.481 e. The molecule has 114 valence electrons. The molecule has 2 heterocycles. The lowest BCUT2D eigenvalue weighted by molar-refractivity contribution is -0.139. The minimum Gasteiger partial charge on any atom is -0.481 e. The number of rotatable bonds is 5. The summed E-state index contributed by atoms with van der Waals surface area (Å²) >= 11 is 1.82. The van der Waals surface area contributed by atoms with E-state index in [9.17, 15) is 9.59 Å². The number of piperidine rings is 1. The van der Waals surface area contributed by atoms with Crippen molar-refractivity contribution in [3.63, 3.8) is 0 Å². The maximum absolute atomic E-state index is 12.3. The maximum atomic E-state index is 12.3. The van der Waals surface area contributed by atoms with E-state index in [1.165, 1.54) is 0 Å². The molecule has 6 nitrogen and oxygen atoms in total. The van der Waals surface area contributed by atoms with Gasteiger partial charge in [-0.1, -0.05) is 0 Å². The van der Waals surface area contributed by atoms with Crippen molar-refractivity contribution in [1.29, 1.82) is 0 Å². The van der Waals surface area contributed by atoms with Crippen molar-refractivity contribution in [2.24, 2.45) is 0 Å². The van der Waals surface area contributed by atoms with Crippen LogP contribution >= 0.6 is 11.8 Å². The number of aliphatic carboxylic acids is 1. The monoisotopic (exact) mass is 302 g/mol. The van der Waals surface area contributed by atoms with Gasteiger partial charge in [-0.05, 0) is 12.8 Å². The van der Waals surface area contributed by atoms with E-state index in [-0.39, 0.29) is 31.1 Å². The van der Waals surface area contributed by atoms with E-state index in [0.29, 0.717) is 13.1 Å². The highest BCUT2D eigenvalue weighted by Gasteiger charge is 2.29. The van der Waals surface area contributed by atoms with E-state index in [1.807, 2.05) is 16.7 Å². The molecule has 0 aromatic rings. The van der Waals surface area contributed by atoms with Gasteiger partial charge in [0.25, 0.3) is 0 Å². The van der Waals surface area contributed by atoms with Crippen molar-refractivity contribution < 1.29 is 19.4 Å². The van der Waals surface area contributed by atoms with E-state index in [0.717, 1.165) is 30.9 Å². The Labute approximate surface area is 123 Å². The summed E-state index contributed by atoms with van der Waals surface area (Å²) < 4.78 is 5.53. The number of nitrogens with one attached hydrogen (secondary N) is 1. The number of nitrogens with zero attached hydrogens (tertiary/aromatic N) is 1. The average molecular weight is 302 g/mol. The highest BCUT2D eigenvalue weighted by molar-refractivity contribution is 7.99. The molecular weight excluding hydrogens is 280 g/mol. The summed E-state index contributed by atoms with van der Waals surface area (Å²) in [4.78, 5) is 24.6. The molecule has 20 heavy (non-hydrogen) atoms. The third-order valence-corrected chi connectivity index (χ3v) is 4.70. The average Bonchev–Trinajstić information content (AvgIpc) is 2.48. The lowest BCUT2D eigenvalue weighted by Crippen LogP contribution is -2.53. The predicted molar refractivity (Wildman–Crippen MR) is 76.9 cm³/mol. The minimum absolute atomic E-state index is 0.0433. The number of carbonyl (C=O) groups is 2. The number of hydrogen-bond acceptors (Lipinski definition) is 5. The van der Waals surface area contributed by atoms with Crippen LogP contribution in [0, 0.1) is 0 Å². The number of amides is 1. The van der Waals surface area contributed by atoms with Crippen molar-refractivity contribution in [1.82, 2.24) is 10.2 Å². The van der Waals surface area contributed by atoms with Crippen molar-refractivity contribution in [2.75, 3.05) is 37.7 Å². The van der Waals surface area contributed by atoms with Crippen molar-refractivity contribution >= 4 is 23.6 Å². The first kappa shape index (κ1) is 15.6. The second-order valence-corrected chi connectivity index (χ2v) is 6.27. The fourth-order valence-corrected chi connectivity index (χ4v) is 3.43. The van der Waals surface area contributed by atoms with Crippen LogP contribution < -0.4 is 5.32 Å². The lowest BCUT2D eigenvalue weighted by Gasteiger charge is -2.35. The van der Waals surface area contributed by atoms with E-state index in [2.05, 4.69) is 5.32 Å². The van der Waals surface area contributed by atoms with Crippen molar-refractivity contribution in [3.05, 3.63) is 0 Å². The lowest BCUT2D eigenvalue weighted by atomic mass is 10.1. The number of carbonyl (C=O) groups excluding carboxylic acids is 1. The molecule has 0 bridgehead atoms. The van der Waals surface area contributed by atoms with Crippen LogP contribution in [0.4, 0.5) is 0 Å². The summed E-state index contributed by atoms with van der Waals surface area (Å²) in [6, 6.07) is -0.0433. The van der Waals surface area contributed by atoms with Gasteiger partial charge in [-0.2, -0.15) is 11.8 Å². The molecule has 2 N–H and O–H groups in total. The molecule has 1 unspecified atom stereocenters. The highest BCUT2D eigenvalue weighted by Crippen LogP contribution is 2.17. The van der Waals surface area contributed by atoms with Gasteiger partial charge in [-0.15, -0.1) is 0 Å². The second-order valence-electron chi connectivity index (χ2n) is 5.12. The number of carboxylic acids is 1. The zero-order valence-electron chi connectivity index (χ0n) is 11.5. The van der Waals surface area contributed by atoms with Gasteiger partial charge in [-0.25, -0.2) is 0 Å². The molecular formula is C13H22N2O4S. The first-order valence-electron chi connectivity index (χ1n) is 7.10. The third kappa shape index (κ3) is 4.64. The molecule has 1 amide bonds. The van der Waals surface area contributed by atoms with Crippen LogP contribution in [0.1, 0.15) is 19.3 Å². The zero-order valence-corrected chi connectivity index (χ0v) is 12.4. The van der Waals surface area contributed by atoms with Crippen LogP contribution in [0.3, 0.4) is 0 Å². The van der Waals surface area contributed by atoms with Gasteiger partial charge in [0.05, 0.1) is 25.2 Å². The van der Waals surface area contributed by atoms with Crippen LogP contribution in [-0.4, -0.2) is 71.8 Å². The molecule has 2 fully saturated rings. The van der Waals surface area contributed by atoms with Gasteiger partial charge in [0.15, 0.2) is 0 Å². The number of ether oxygens (including phenoxy) is 1. The Morgan fingerprint density at radius 2 is 2.10 bits per heavy atom. The van der Waals surface area contributed by atoms with Gasteiger partial charge in [-0.3, -0.25) is 9.59 Å². The molecule has 0 aliphatic carbocycles. The van der Waals surface area contributed by atoms with Crippen LogP contribution in [0.5, 0.6) is 0 Å². The third-order valence-electron chi connectivity index (χ3n) is 3.64. The number of hydrogen-bond donors (Lipinski definition) is 2. The molecule has 0 spiro atoms. The molecule has 2 aliphatic heterocycles. The summed E-state index contributed by atoms with van der Waals surface area (Å²) in [5.41, 5.74) is 0. The van der Waals surface area contributed by atoms with Crippen LogP contribution in [0.2, 0.25) is 0 Å². The Balaban J connectivity index is 1.68. The van der Waals surface area contributed by atoms with Crippen LogP contribution in [-0.2, 0) is 14.3 Å².